The van der Waals surface area contributed by atoms with Crippen molar-refractivity contribution >= 4 is 51.2 Å². The average Bonchev–Trinajstić information content (AvgIpc) is 3.44. The zero-order chi connectivity index (χ0) is 46.2. The molecule has 0 heterocycles. The van der Waals surface area contributed by atoms with E-state index in [2.05, 4.69) is 312 Å². The van der Waals surface area contributed by atoms with Gasteiger partial charge in [0, 0.05) is 51.2 Å². The van der Waals surface area contributed by atoms with Crippen LogP contribution < -0.4 is 14.7 Å². The van der Waals surface area contributed by atoms with E-state index >= 15 is 0 Å². The van der Waals surface area contributed by atoms with Crippen LogP contribution in [0.5, 0.6) is 0 Å². The highest BCUT2D eigenvalue weighted by atomic mass is 15.2. The Bertz CT molecular complexity index is 3220. The van der Waals surface area contributed by atoms with Crippen molar-refractivity contribution in [3.05, 3.63) is 297 Å². The third-order valence-electron chi connectivity index (χ3n) is 12.7. The number of nitrogens with zero attached hydrogens (tertiary/aromatic N) is 3. The molecule has 0 aliphatic carbocycles. The topological polar surface area (TPSA) is 9.72 Å². The van der Waals surface area contributed by atoms with E-state index in [0.717, 1.165) is 56.7 Å². The van der Waals surface area contributed by atoms with Gasteiger partial charge in [0.1, 0.15) is 0 Å². The predicted octanol–water partition coefficient (Wildman–Crippen LogP) is 18.8. The van der Waals surface area contributed by atoms with Gasteiger partial charge >= 0.3 is 0 Å². The van der Waals surface area contributed by atoms with Crippen LogP contribution >= 0.6 is 0 Å². The lowest BCUT2D eigenvalue weighted by atomic mass is 9.99. The van der Waals surface area contributed by atoms with Gasteiger partial charge in [-0.1, -0.05) is 188 Å². The maximum absolute atomic E-state index is 2.33. The van der Waals surface area contributed by atoms with Crippen molar-refractivity contribution in [1.82, 2.24) is 0 Å². The van der Waals surface area contributed by atoms with Crippen molar-refractivity contribution in [3.8, 4) is 44.5 Å². The Labute approximate surface area is 405 Å². The minimum Gasteiger partial charge on any atom is -0.311 e. The van der Waals surface area contributed by atoms with Crippen LogP contribution in [-0.4, -0.2) is 0 Å². The fourth-order valence-corrected chi connectivity index (χ4v) is 9.15. The van der Waals surface area contributed by atoms with Crippen LogP contribution in [0.2, 0.25) is 0 Å². The molecule has 0 unspecified atom stereocenters. The fourth-order valence-electron chi connectivity index (χ4n) is 9.15. The Kier molecular flexibility index (Phi) is 12.1. The van der Waals surface area contributed by atoms with E-state index in [0.29, 0.717) is 0 Å². The summed E-state index contributed by atoms with van der Waals surface area (Å²) >= 11 is 0. The minimum absolute atomic E-state index is 1.07. The number of hydrogen-bond acceptors (Lipinski definition) is 3. The molecule has 0 bridgehead atoms. The molecule has 11 aromatic rings. The highest BCUT2D eigenvalue weighted by Crippen LogP contribution is 2.41. The molecule has 69 heavy (non-hydrogen) atoms. The van der Waals surface area contributed by atoms with Crippen LogP contribution in [0, 0.1) is 0 Å². The van der Waals surface area contributed by atoms with Gasteiger partial charge in [-0.2, -0.15) is 0 Å². The molecule has 0 N–H and O–H groups in total. The van der Waals surface area contributed by atoms with E-state index in [4.69, 9.17) is 0 Å². The van der Waals surface area contributed by atoms with E-state index in [1.807, 2.05) is 0 Å². The van der Waals surface area contributed by atoms with Crippen LogP contribution in [0.1, 0.15) is 0 Å². The average molecular weight is 884 g/mol. The minimum atomic E-state index is 1.07. The monoisotopic (exact) mass is 883 g/mol. The normalized spacial score (nSPS) is 10.9. The summed E-state index contributed by atoms with van der Waals surface area (Å²) in [7, 11) is 0. The van der Waals surface area contributed by atoms with Gasteiger partial charge in [0.15, 0.2) is 0 Å². The number of para-hydroxylation sites is 3. The van der Waals surface area contributed by atoms with Gasteiger partial charge in [0.25, 0.3) is 0 Å². The van der Waals surface area contributed by atoms with E-state index in [9.17, 15) is 0 Å². The van der Waals surface area contributed by atoms with Crippen molar-refractivity contribution in [3.63, 3.8) is 0 Å². The van der Waals surface area contributed by atoms with Crippen molar-refractivity contribution < 1.29 is 0 Å². The SMILES string of the molecule is c1ccc(-c2ccc(N(c3ccc(-c4ccccc4)cc3)c3ccc(N(c4ccccc4)c4ccc(-c5ccc(-c6ccc(N(c7ccccc7)c7ccccc7)cc6)cc5)cc4)cc3)cc2)cc1. The van der Waals surface area contributed by atoms with Gasteiger partial charge in [-0.05, 0) is 154 Å². The molecule has 0 amide bonds. The van der Waals surface area contributed by atoms with Crippen LogP contribution in [0.4, 0.5) is 51.2 Å². The van der Waals surface area contributed by atoms with Crippen LogP contribution in [0.25, 0.3) is 44.5 Å². The molecule has 0 aliphatic rings. The van der Waals surface area contributed by atoms with E-state index in [-0.39, 0.29) is 0 Å². The van der Waals surface area contributed by atoms with Gasteiger partial charge < -0.3 is 14.7 Å². The van der Waals surface area contributed by atoms with Gasteiger partial charge in [-0.15, -0.1) is 0 Å². The lowest BCUT2D eigenvalue weighted by molar-refractivity contribution is 1.26. The van der Waals surface area contributed by atoms with Gasteiger partial charge in [-0.25, -0.2) is 0 Å². The van der Waals surface area contributed by atoms with Crippen LogP contribution in [-0.2, 0) is 0 Å². The van der Waals surface area contributed by atoms with Crippen LogP contribution in [0.3, 0.4) is 0 Å². The molecular weight excluding hydrogens is 835 g/mol. The third-order valence-corrected chi connectivity index (χ3v) is 12.7. The molecule has 0 radical (unpaired) electrons. The van der Waals surface area contributed by atoms with Gasteiger partial charge in [-0.3, -0.25) is 0 Å². The first kappa shape index (κ1) is 42.5. The van der Waals surface area contributed by atoms with E-state index < -0.39 is 0 Å². The summed E-state index contributed by atoms with van der Waals surface area (Å²) in [4.78, 5) is 6.95. The summed E-state index contributed by atoms with van der Waals surface area (Å²) in [5, 5.41) is 0. The molecule has 3 nitrogen and oxygen atoms in total. The Morgan fingerprint density at radius 2 is 0.246 bits per heavy atom. The molecule has 0 saturated carbocycles. The quantitative estimate of drug-likeness (QED) is 0.114. The Morgan fingerprint density at radius 3 is 0.449 bits per heavy atom. The smallest absolute Gasteiger partial charge is 0.0463 e. The molecule has 11 aromatic carbocycles. The van der Waals surface area contributed by atoms with Crippen LogP contribution in [0.15, 0.2) is 297 Å². The highest BCUT2D eigenvalue weighted by Gasteiger charge is 2.18. The molecule has 0 spiro atoms. The number of anilines is 9. The summed E-state index contributed by atoms with van der Waals surface area (Å²) in [6.45, 7) is 0. The number of rotatable bonds is 13. The van der Waals surface area contributed by atoms with Crippen molar-refractivity contribution in [2.45, 2.75) is 0 Å². The Morgan fingerprint density at radius 1 is 0.116 bits per heavy atom. The lowest BCUT2D eigenvalue weighted by Gasteiger charge is -2.28. The molecule has 0 fully saturated rings. The molecule has 328 valence electrons. The summed E-state index contributed by atoms with van der Waals surface area (Å²) in [5.41, 5.74) is 19.3. The first-order valence-electron chi connectivity index (χ1n) is 23.5. The van der Waals surface area contributed by atoms with Gasteiger partial charge in [0.05, 0.1) is 0 Å². The first-order valence-corrected chi connectivity index (χ1v) is 23.5. The third kappa shape index (κ3) is 9.31. The second-order valence-electron chi connectivity index (χ2n) is 17.0. The summed E-state index contributed by atoms with van der Waals surface area (Å²) in [5.74, 6) is 0. The summed E-state index contributed by atoms with van der Waals surface area (Å²) in [6, 6.07) is 106. The van der Waals surface area contributed by atoms with Crippen molar-refractivity contribution in [1.29, 1.82) is 0 Å². The summed E-state index contributed by atoms with van der Waals surface area (Å²) < 4.78 is 0. The molecule has 11 rings (SSSR count). The van der Waals surface area contributed by atoms with Crippen molar-refractivity contribution in [2.24, 2.45) is 0 Å². The highest BCUT2D eigenvalue weighted by molar-refractivity contribution is 5.84. The largest absolute Gasteiger partial charge is 0.311 e. The molecule has 0 aliphatic heterocycles. The van der Waals surface area contributed by atoms with Crippen molar-refractivity contribution in [2.75, 3.05) is 14.7 Å². The Hall–Kier alpha value is -9.18. The second kappa shape index (κ2) is 19.7. The maximum Gasteiger partial charge on any atom is 0.0463 e. The van der Waals surface area contributed by atoms with Gasteiger partial charge in [0.2, 0.25) is 0 Å². The molecule has 0 saturated heterocycles. The first-order chi connectivity index (χ1) is 34.2. The second-order valence-corrected chi connectivity index (χ2v) is 17.0. The summed E-state index contributed by atoms with van der Waals surface area (Å²) in [6.07, 6.45) is 0. The maximum atomic E-state index is 2.33. The lowest BCUT2D eigenvalue weighted by Crippen LogP contribution is -2.12. The van der Waals surface area contributed by atoms with E-state index in [1.54, 1.807) is 0 Å². The fraction of sp³-hybridized carbons (Fsp3) is 0. The Balaban J connectivity index is 0.859. The number of benzene rings is 11. The number of hydrogen-bond donors (Lipinski definition) is 0. The molecule has 0 atom stereocenters. The standard InChI is InChI=1S/C66H49N3/c1-6-16-50(17-7-1)54-30-38-63(39-31-54)69(64-40-32-55(33-41-64)51-18-8-2-9-19-51)66-48-46-65(47-49-66)68(60-24-14-5-15-25-60)62-44-36-57(37-45-62)53-28-26-52(27-29-53)56-34-42-61(43-35-56)67(58-20-10-3-11-21-58)59-22-12-4-13-23-59/h1-49H. The predicted molar refractivity (Wildman–Crippen MR) is 292 cm³/mol. The molecule has 3 heteroatoms. The molecule has 0 aromatic heterocycles. The molecular formula is C66H49N3. The van der Waals surface area contributed by atoms with E-state index in [1.165, 1.54) is 38.9 Å². The zero-order valence-corrected chi connectivity index (χ0v) is 38.1. The zero-order valence-electron chi connectivity index (χ0n) is 38.1.